The SMILES string of the molecule is O=C1CC(c2noc(-c3ccccn3)n2)CN1CCc1cccs1. The van der Waals surface area contributed by atoms with Crippen molar-refractivity contribution in [1.29, 1.82) is 0 Å². The minimum absolute atomic E-state index is 0.0120. The summed E-state index contributed by atoms with van der Waals surface area (Å²) in [5.74, 6) is 1.13. The summed E-state index contributed by atoms with van der Waals surface area (Å²) in [6, 6.07) is 9.66. The fourth-order valence-electron chi connectivity index (χ4n) is 2.86. The maximum atomic E-state index is 12.2. The first-order valence-electron chi connectivity index (χ1n) is 7.85. The van der Waals surface area contributed by atoms with Gasteiger partial charge in [0.2, 0.25) is 5.91 Å². The van der Waals surface area contributed by atoms with E-state index in [1.54, 1.807) is 17.5 Å². The van der Waals surface area contributed by atoms with E-state index in [0.29, 0.717) is 30.4 Å². The molecule has 0 N–H and O–H groups in total. The van der Waals surface area contributed by atoms with Crippen LogP contribution in [-0.2, 0) is 11.2 Å². The van der Waals surface area contributed by atoms with Gasteiger partial charge in [0, 0.05) is 36.5 Å². The van der Waals surface area contributed by atoms with Gasteiger partial charge >= 0.3 is 0 Å². The monoisotopic (exact) mass is 340 g/mol. The van der Waals surface area contributed by atoms with Crippen molar-refractivity contribution in [3.63, 3.8) is 0 Å². The van der Waals surface area contributed by atoms with Gasteiger partial charge in [0.15, 0.2) is 5.82 Å². The average molecular weight is 340 g/mol. The van der Waals surface area contributed by atoms with Crippen molar-refractivity contribution in [1.82, 2.24) is 20.0 Å². The average Bonchev–Trinajstić information content (AvgIpc) is 3.35. The lowest BCUT2D eigenvalue weighted by atomic mass is 10.1. The summed E-state index contributed by atoms with van der Waals surface area (Å²) >= 11 is 1.72. The van der Waals surface area contributed by atoms with Crippen molar-refractivity contribution in [3.05, 3.63) is 52.6 Å². The van der Waals surface area contributed by atoms with Gasteiger partial charge < -0.3 is 9.42 Å². The highest BCUT2D eigenvalue weighted by Gasteiger charge is 2.33. The molecule has 0 aliphatic carbocycles. The van der Waals surface area contributed by atoms with Crippen molar-refractivity contribution in [2.45, 2.75) is 18.8 Å². The molecule has 1 unspecified atom stereocenters. The summed E-state index contributed by atoms with van der Waals surface area (Å²) in [7, 11) is 0. The molecule has 0 spiro atoms. The zero-order valence-corrected chi connectivity index (χ0v) is 13.8. The zero-order valence-electron chi connectivity index (χ0n) is 13.0. The lowest BCUT2D eigenvalue weighted by Gasteiger charge is -2.15. The molecule has 0 bridgehead atoms. The predicted molar refractivity (Wildman–Crippen MR) is 89.5 cm³/mol. The first-order valence-corrected chi connectivity index (χ1v) is 8.73. The quantitative estimate of drug-likeness (QED) is 0.714. The van der Waals surface area contributed by atoms with Gasteiger partial charge in [0.1, 0.15) is 5.69 Å². The largest absolute Gasteiger partial charge is 0.342 e. The molecule has 1 atom stereocenters. The molecule has 0 aromatic carbocycles. The molecular weight excluding hydrogens is 324 g/mol. The Kier molecular flexibility index (Phi) is 4.08. The summed E-state index contributed by atoms with van der Waals surface area (Å²) in [5.41, 5.74) is 0.648. The summed E-state index contributed by atoms with van der Waals surface area (Å²) in [6.07, 6.45) is 3.01. The van der Waals surface area contributed by atoms with E-state index >= 15 is 0 Å². The van der Waals surface area contributed by atoms with Crippen LogP contribution in [0, 0.1) is 0 Å². The number of rotatable bonds is 5. The van der Waals surface area contributed by atoms with Crippen molar-refractivity contribution >= 4 is 17.2 Å². The molecule has 0 saturated carbocycles. The Labute approximate surface area is 143 Å². The number of hydrogen-bond acceptors (Lipinski definition) is 6. The molecule has 122 valence electrons. The molecule has 24 heavy (non-hydrogen) atoms. The third-order valence-electron chi connectivity index (χ3n) is 4.11. The van der Waals surface area contributed by atoms with Crippen molar-refractivity contribution in [3.8, 4) is 11.6 Å². The molecular formula is C17H16N4O2S. The summed E-state index contributed by atoms with van der Waals surface area (Å²) in [6.45, 7) is 1.38. The molecule has 4 heterocycles. The Hall–Kier alpha value is -2.54. The lowest BCUT2D eigenvalue weighted by Crippen LogP contribution is -2.27. The Balaban J connectivity index is 1.42. The van der Waals surface area contributed by atoms with Crippen molar-refractivity contribution < 1.29 is 9.32 Å². The van der Waals surface area contributed by atoms with Crippen LogP contribution in [0.3, 0.4) is 0 Å². The van der Waals surface area contributed by atoms with E-state index in [0.717, 1.165) is 13.0 Å². The zero-order chi connectivity index (χ0) is 16.4. The number of pyridine rings is 1. The number of amides is 1. The summed E-state index contributed by atoms with van der Waals surface area (Å²) < 4.78 is 5.30. The minimum atomic E-state index is -0.0120. The van der Waals surface area contributed by atoms with E-state index in [1.165, 1.54) is 4.88 Å². The van der Waals surface area contributed by atoms with E-state index in [9.17, 15) is 4.79 Å². The highest BCUT2D eigenvalue weighted by atomic mass is 32.1. The van der Waals surface area contributed by atoms with Crippen LogP contribution in [0.15, 0.2) is 46.4 Å². The van der Waals surface area contributed by atoms with Crippen LogP contribution in [0.4, 0.5) is 0 Å². The second-order valence-corrected chi connectivity index (χ2v) is 6.78. The second kappa shape index (κ2) is 6.52. The molecule has 3 aromatic heterocycles. The molecule has 4 rings (SSSR count). The second-order valence-electron chi connectivity index (χ2n) is 5.74. The van der Waals surface area contributed by atoms with E-state index < -0.39 is 0 Å². The van der Waals surface area contributed by atoms with E-state index in [4.69, 9.17) is 4.52 Å². The topological polar surface area (TPSA) is 72.1 Å². The van der Waals surface area contributed by atoms with Crippen LogP contribution in [0.2, 0.25) is 0 Å². The highest BCUT2D eigenvalue weighted by molar-refractivity contribution is 7.09. The Morgan fingerprint density at radius 3 is 3.04 bits per heavy atom. The van der Waals surface area contributed by atoms with Gasteiger partial charge in [-0.1, -0.05) is 17.3 Å². The first-order chi connectivity index (χ1) is 11.8. The number of likely N-dealkylation sites (tertiary alicyclic amines) is 1. The molecule has 1 aliphatic heterocycles. The number of hydrogen-bond donors (Lipinski definition) is 0. The number of carbonyl (C=O) groups excluding carboxylic acids is 1. The summed E-state index contributed by atoms with van der Waals surface area (Å²) in [5, 5.41) is 6.11. The molecule has 3 aromatic rings. The van der Waals surface area contributed by atoms with Gasteiger partial charge in [-0.15, -0.1) is 11.3 Å². The van der Waals surface area contributed by atoms with Crippen molar-refractivity contribution in [2.24, 2.45) is 0 Å². The normalized spacial score (nSPS) is 17.6. The Morgan fingerprint density at radius 1 is 1.29 bits per heavy atom. The molecule has 6 nitrogen and oxygen atoms in total. The maximum absolute atomic E-state index is 12.2. The predicted octanol–water partition coefficient (Wildman–Crippen LogP) is 2.75. The molecule has 1 saturated heterocycles. The van der Waals surface area contributed by atoms with E-state index in [2.05, 4.69) is 26.6 Å². The minimum Gasteiger partial charge on any atom is -0.342 e. The lowest BCUT2D eigenvalue weighted by molar-refractivity contribution is -0.127. The van der Waals surface area contributed by atoms with Crippen LogP contribution >= 0.6 is 11.3 Å². The fraction of sp³-hybridized carbons (Fsp3) is 0.294. The van der Waals surface area contributed by atoms with Gasteiger partial charge in [-0.2, -0.15) is 4.98 Å². The molecule has 7 heteroatoms. The van der Waals surface area contributed by atoms with Crippen LogP contribution in [0.25, 0.3) is 11.6 Å². The highest BCUT2D eigenvalue weighted by Crippen LogP contribution is 2.28. The molecule has 1 amide bonds. The Bertz CT molecular complexity index is 816. The van der Waals surface area contributed by atoms with Gasteiger partial charge in [0.05, 0.1) is 0 Å². The third-order valence-corrected chi connectivity index (χ3v) is 5.05. The standard InChI is InChI=1S/C17H16N4O2S/c22-15-10-12(11-21(15)8-6-13-4-3-9-24-13)16-19-17(23-20-16)14-5-1-2-7-18-14/h1-5,7,9,12H,6,8,10-11H2. The maximum Gasteiger partial charge on any atom is 0.276 e. The fourth-order valence-corrected chi connectivity index (χ4v) is 3.55. The van der Waals surface area contributed by atoms with E-state index in [1.807, 2.05) is 29.2 Å². The van der Waals surface area contributed by atoms with E-state index in [-0.39, 0.29) is 11.8 Å². The number of aromatic nitrogens is 3. The van der Waals surface area contributed by atoms with Crippen LogP contribution in [0.1, 0.15) is 23.0 Å². The smallest absolute Gasteiger partial charge is 0.276 e. The van der Waals surface area contributed by atoms with Gasteiger partial charge in [-0.25, -0.2) is 0 Å². The van der Waals surface area contributed by atoms with Crippen LogP contribution in [0.5, 0.6) is 0 Å². The Morgan fingerprint density at radius 2 is 2.25 bits per heavy atom. The summed E-state index contributed by atoms with van der Waals surface area (Å²) in [4.78, 5) is 24.0. The van der Waals surface area contributed by atoms with Crippen LogP contribution in [-0.4, -0.2) is 39.0 Å². The number of thiophene rings is 1. The van der Waals surface area contributed by atoms with Gasteiger partial charge in [-0.3, -0.25) is 9.78 Å². The van der Waals surface area contributed by atoms with Crippen molar-refractivity contribution in [2.75, 3.05) is 13.1 Å². The first kappa shape index (κ1) is 15.0. The number of nitrogens with zero attached hydrogens (tertiary/aromatic N) is 4. The van der Waals surface area contributed by atoms with Gasteiger partial charge in [-0.05, 0) is 30.0 Å². The molecule has 1 aliphatic rings. The molecule has 1 fully saturated rings. The van der Waals surface area contributed by atoms with Gasteiger partial charge in [0.25, 0.3) is 5.89 Å². The third kappa shape index (κ3) is 3.07. The van der Waals surface area contributed by atoms with Crippen LogP contribution < -0.4 is 0 Å². The molecule has 0 radical (unpaired) electrons. The number of carbonyl (C=O) groups is 1.